The predicted molar refractivity (Wildman–Crippen MR) is 112 cm³/mol. The van der Waals surface area contributed by atoms with E-state index in [1.54, 1.807) is 0 Å². The van der Waals surface area contributed by atoms with Crippen LogP contribution < -0.4 is 5.32 Å². The van der Waals surface area contributed by atoms with Gasteiger partial charge in [0.1, 0.15) is 5.82 Å². The second kappa shape index (κ2) is 7.52. The quantitative estimate of drug-likeness (QED) is 0.521. The van der Waals surface area contributed by atoms with Gasteiger partial charge in [-0.3, -0.25) is 9.20 Å². The van der Waals surface area contributed by atoms with Gasteiger partial charge in [0.25, 0.3) is 5.91 Å². The molecule has 6 heteroatoms. The fraction of sp³-hybridized carbons (Fsp3) is 0.182. The highest BCUT2D eigenvalue weighted by Gasteiger charge is 2.18. The number of fused-ring (bicyclic) bond motifs is 1. The van der Waals surface area contributed by atoms with Crippen LogP contribution >= 0.6 is 11.6 Å². The van der Waals surface area contributed by atoms with E-state index in [1.165, 1.54) is 0 Å². The van der Waals surface area contributed by atoms with Crippen molar-refractivity contribution in [3.05, 3.63) is 83.4 Å². The first kappa shape index (κ1) is 18.3. The zero-order valence-corrected chi connectivity index (χ0v) is 16.5. The van der Waals surface area contributed by atoms with Gasteiger partial charge in [-0.1, -0.05) is 29.8 Å². The smallest absolute Gasteiger partial charge is 0.272 e. The molecule has 0 bridgehead atoms. The van der Waals surface area contributed by atoms with Crippen LogP contribution in [-0.4, -0.2) is 19.9 Å². The summed E-state index contributed by atoms with van der Waals surface area (Å²) >= 11 is 5.92. The number of carbonyl (C=O) groups is 1. The second-order valence-electron chi connectivity index (χ2n) is 6.99. The Morgan fingerprint density at radius 3 is 2.61 bits per heavy atom. The molecule has 142 valence electrons. The molecule has 0 aliphatic rings. The Labute approximate surface area is 168 Å². The fourth-order valence-electron chi connectivity index (χ4n) is 3.14. The van der Waals surface area contributed by atoms with Crippen molar-refractivity contribution in [3.8, 4) is 11.4 Å². The van der Waals surface area contributed by atoms with E-state index in [0.717, 1.165) is 22.5 Å². The van der Waals surface area contributed by atoms with Crippen molar-refractivity contribution in [2.45, 2.75) is 26.4 Å². The lowest BCUT2D eigenvalue weighted by Crippen LogP contribution is -2.23. The monoisotopic (exact) mass is 392 g/mol. The van der Waals surface area contributed by atoms with Crippen LogP contribution in [0.15, 0.2) is 67.1 Å². The summed E-state index contributed by atoms with van der Waals surface area (Å²) in [5, 5.41) is 3.63. The molecule has 0 aliphatic heterocycles. The van der Waals surface area contributed by atoms with Crippen molar-refractivity contribution in [1.29, 1.82) is 0 Å². The molecule has 28 heavy (non-hydrogen) atoms. The van der Waals surface area contributed by atoms with Crippen LogP contribution in [0, 0.1) is 0 Å². The summed E-state index contributed by atoms with van der Waals surface area (Å²) in [6, 6.07) is 15.6. The van der Waals surface area contributed by atoms with Crippen LogP contribution in [0.25, 0.3) is 16.9 Å². The number of halogens is 1. The largest absolute Gasteiger partial charge is 0.351 e. The van der Waals surface area contributed by atoms with Gasteiger partial charge in [0.2, 0.25) is 0 Å². The van der Waals surface area contributed by atoms with E-state index < -0.39 is 0 Å². The number of pyridine rings is 1. The molecule has 3 aromatic heterocycles. The molecule has 0 aliphatic carbocycles. The van der Waals surface area contributed by atoms with E-state index in [0.29, 0.717) is 23.3 Å². The van der Waals surface area contributed by atoms with E-state index in [4.69, 9.17) is 11.6 Å². The van der Waals surface area contributed by atoms with Gasteiger partial charge >= 0.3 is 0 Å². The fourth-order valence-corrected chi connectivity index (χ4v) is 3.27. The van der Waals surface area contributed by atoms with Gasteiger partial charge < -0.3 is 9.88 Å². The minimum Gasteiger partial charge on any atom is -0.351 e. The summed E-state index contributed by atoms with van der Waals surface area (Å²) in [4.78, 5) is 17.5. The van der Waals surface area contributed by atoms with E-state index in [2.05, 4.69) is 34.9 Å². The Bertz CT molecular complexity index is 1130. The van der Waals surface area contributed by atoms with Crippen molar-refractivity contribution in [3.63, 3.8) is 0 Å². The van der Waals surface area contributed by atoms with Crippen molar-refractivity contribution in [1.82, 2.24) is 19.3 Å². The number of carbonyl (C=O) groups excluding carboxylic acids is 1. The lowest BCUT2D eigenvalue weighted by atomic mass is 10.2. The van der Waals surface area contributed by atoms with Crippen LogP contribution in [-0.2, 0) is 6.54 Å². The van der Waals surface area contributed by atoms with Crippen LogP contribution in [0.5, 0.6) is 0 Å². The minimum atomic E-state index is -0.201. The van der Waals surface area contributed by atoms with Crippen LogP contribution in [0.4, 0.5) is 0 Å². The molecule has 1 N–H and O–H groups in total. The Morgan fingerprint density at radius 2 is 1.89 bits per heavy atom. The molecule has 5 nitrogen and oxygen atoms in total. The topological polar surface area (TPSA) is 51.3 Å². The van der Waals surface area contributed by atoms with Gasteiger partial charge in [-0.15, -0.1) is 0 Å². The van der Waals surface area contributed by atoms with Crippen LogP contribution in [0.2, 0.25) is 5.02 Å². The Balaban J connectivity index is 1.65. The maximum Gasteiger partial charge on any atom is 0.272 e. The number of hydrogen-bond acceptors (Lipinski definition) is 2. The zero-order chi connectivity index (χ0) is 19.7. The van der Waals surface area contributed by atoms with Gasteiger partial charge in [-0.25, -0.2) is 4.98 Å². The minimum absolute atomic E-state index is 0.201. The molecular weight excluding hydrogens is 372 g/mol. The Morgan fingerprint density at radius 1 is 1.11 bits per heavy atom. The van der Waals surface area contributed by atoms with Crippen molar-refractivity contribution < 1.29 is 4.79 Å². The van der Waals surface area contributed by atoms with Gasteiger partial charge in [-0.05, 0) is 49.7 Å². The standard InChI is InChI=1S/C22H21ClN4O/c1-15(2)26-12-10-17(14-26)21-25-20(19-5-3-4-11-27(19)21)22(28)24-13-16-6-8-18(23)9-7-16/h3-12,14-15H,13H2,1-2H3,(H,24,28). The average molecular weight is 393 g/mol. The molecule has 0 saturated carbocycles. The molecule has 0 fully saturated rings. The van der Waals surface area contributed by atoms with E-state index >= 15 is 0 Å². The van der Waals surface area contributed by atoms with Crippen LogP contribution in [0.3, 0.4) is 0 Å². The summed E-state index contributed by atoms with van der Waals surface area (Å²) in [5.41, 5.74) is 3.16. The van der Waals surface area contributed by atoms with Crippen molar-refractivity contribution in [2.24, 2.45) is 0 Å². The number of benzene rings is 1. The maximum absolute atomic E-state index is 12.8. The molecule has 0 saturated heterocycles. The molecular formula is C22H21ClN4O. The zero-order valence-electron chi connectivity index (χ0n) is 15.8. The Hall–Kier alpha value is -3.05. The number of rotatable bonds is 5. The molecule has 4 aromatic rings. The van der Waals surface area contributed by atoms with E-state index in [9.17, 15) is 4.79 Å². The maximum atomic E-state index is 12.8. The lowest BCUT2D eigenvalue weighted by Gasteiger charge is -2.05. The first-order valence-corrected chi connectivity index (χ1v) is 9.58. The van der Waals surface area contributed by atoms with E-state index in [1.807, 2.05) is 65.3 Å². The molecule has 3 heterocycles. The molecule has 1 aromatic carbocycles. The third-order valence-corrected chi connectivity index (χ3v) is 4.95. The third-order valence-electron chi connectivity index (χ3n) is 4.70. The van der Waals surface area contributed by atoms with Gasteiger partial charge in [0, 0.05) is 41.8 Å². The summed E-state index contributed by atoms with van der Waals surface area (Å²) < 4.78 is 4.08. The molecule has 4 rings (SSSR count). The SMILES string of the molecule is CC(C)n1ccc(-c2nc(C(=O)NCc3ccc(Cl)cc3)c3ccccn23)c1. The number of aromatic nitrogens is 3. The third kappa shape index (κ3) is 3.53. The molecule has 0 radical (unpaired) electrons. The summed E-state index contributed by atoms with van der Waals surface area (Å²) in [7, 11) is 0. The highest BCUT2D eigenvalue weighted by atomic mass is 35.5. The summed E-state index contributed by atoms with van der Waals surface area (Å²) in [6.45, 7) is 4.67. The number of imidazole rings is 1. The highest BCUT2D eigenvalue weighted by molar-refractivity contribution is 6.30. The molecule has 0 spiro atoms. The first-order valence-electron chi connectivity index (χ1n) is 9.20. The predicted octanol–water partition coefficient (Wildman–Crippen LogP) is 4.97. The van der Waals surface area contributed by atoms with Crippen molar-refractivity contribution in [2.75, 3.05) is 0 Å². The lowest BCUT2D eigenvalue weighted by molar-refractivity contribution is 0.0948. The first-order chi connectivity index (χ1) is 13.5. The number of amides is 1. The molecule has 1 amide bonds. The van der Waals surface area contributed by atoms with Gasteiger partial charge in [-0.2, -0.15) is 0 Å². The molecule has 0 unspecified atom stereocenters. The number of nitrogens with one attached hydrogen (secondary N) is 1. The molecule has 0 atom stereocenters. The highest BCUT2D eigenvalue weighted by Crippen LogP contribution is 2.24. The summed E-state index contributed by atoms with van der Waals surface area (Å²) in [6.07, 6.45) is 6.02. The van der Waals surface area contributed by atoms with Gasteiger partial charge in [0.15, 0.2) is 5.69 Å². The van der Waals surface area contributed by atoms with Crippen molar-refractivity contribution >= 4 is 23.0 Å². The van der Waals surface area contributed by atoms with E-state index in [-0.39, 0.29) is 5.91 Å². The van der Waals surface area contributed by atoms with Crippen LogP contribution in [0.1, 0.15) is 35.9 Å². The normalized spacial score (nSPS) is 11.3. The number of hydrogen-bond donors (Lipinski definition) is 1. The van der Waals surface area contributed by atoms with Gasteiger partial charge in [0.05, 0.1) is 5.52 Å². The average Bonchev–Trinajstić information content (AvgIpc) is 3.32. The second-order valence-corrected chi connectivity index (χ2v) is 7.43. The number of nitrogens with zero attached hydrogens (tertiary/aromatic N) is 3. The Kier molecular flexibility index (Phi) is 4.92. The summed E-state index contributed by atoms with van der Waals surface area (Å²) in [5.74, 6) is 0.555.